The molecular weight excluding hydrogens is 310 g/mol. The number of hydrogen-bond donors (Lipinski definition) is 0. The lowest BCUT2D eigenvalue weighted by molar-refractivity contribution is -0.151. The lowest BCUT2D eigenvalue weighted by Crippen LogP contribution is -2.50. The summed E-state index contributed by atoms with van der Waals surface area (Å²) in [6, 6.07) is 20.7. The van der Waals surface area contributed by atoms with Gasteiger partial charge in [0.2, 0.25) is 0 Å². The van der Waals surface area contributed by atoms with E-state index in [1.807, 2.05) is 19.1 Å². The molecule has 2 aromatic carbocycles. The highest BCUT2D eigenvalue weighted by Crippen LogP contribution is 2.35. The maximum atomic E-state index is 12.6. The van der Waals surface area contributed by atoms with Crippen molar-refractivity contribution in [2.45, 2.75) is 38.4 Å². The summed E-state index contributed by atoms with van der Waals surface area (Å²) in [5, 5.41) is 0. The minimum atomic E-state index is -0.273. The highest BCUT2D eigenvalue weighted by Gasteiger charge is 2.37. The second kappa shape index (κ2) is 8.13. The molecule has 0 N–H and O–H groups in total. The van der Waals surface area contributed by atoms with Crippen molar-refractivity contribution in [3.05, 3.63) is 83.9 Å². The quantitative estimate of drug-likeness (QED) is 0.601. The first-order valence-corrected chi connectivity index (χ1v) is 8.93. The summed E-state index contributed by atoms with van der Waals surface area (Å²) in [5.74, 6) is -0.143. The highest BCUT2D eigenvalue weighted by molar-refractivity contribution is 5.76. The SMILES string of the molecule is CCOC(=O)[C@H]1CC=C[C@@H](C)N1C(c1ccccc1)c1ccccc1. The van der Waals surface area contributed by atoms with Crippen molar-refractivity contribution in [3.8, 4) is 0 Å². The molecule has 0 radical (unpaired) electrons. The van der Waals surface area contributed by atoms with E-state index in [2.05, 4.69) is 72.5 Å². The number of esters is 1. The fourth-order valence-electron chi connectivity index (χ4n) is 3.59. The van der Waals surface area contributed by atoms with Crippen molar-refractivity contribution in [3.63, 3.8) is 0 Å². The van der Waals surface area contributed by atoms with Crippen molar-refractivity contribution in [1.29, 1.82) is 0 Å². The molecule has 3 nitrogen and oxygen atoms in total. The van der Waals surface area contributed by atoms with E-state index in [0.717, 1.165) is 0 Å². The Morgan fingerprint density at radius 2 is 1.64 bits per heavy atom. The Morgan fingerprint density at radius 1 is 1.08 bits per heavy atom. The van der Waals surface area contributed by atoms with Crippen LogP contribution in [-0.2, 0) is 9.53 Å². The predicted molar refractivity (Wildman–Crippen MR) is 100 cm³/mol. The standard InChI is InChI=1S/C22H25NO2/c1-3-25-22(24)20-16-10-11-17(2)23(20)21(18-12-6-4-7-13-18)19-14-8-5-9-15-19/h4-15,17,20-21H,3,16H2,1-2H3/t17-,20-/m1/s1. The van der Waals surface area contributed by atoms with Crippen LogP contribution in [-0.4, -0.2) is 29.6 Å². The minimum absolute atomic E-state index is 0.0109. The van der Waals surface area contributed by atoms with Gasteiger partial charge in [-0.25, -0.2) is 0 Å². The summed E-state index contributed by atoms with van der Waals surface area (Å²) < 4.78 is 5.37. The molecular formula is C22H25NO2. The van der Waals surface area contributed by atoms with Crippen LogP contribution < -0.4 is 0 Å². The number of carbonyl (C=O) groups is 1. The van der Waals surface area contributed by atoms with Crippen molar-refractivity contribution in [1.82, 2.24) is 4.90 Å². The third-order valence-electron chi connectivity index (χ3n) is 4.69. The normalized spacial score (nSPS) is 20.6. The molecule has 0 unspecified atom stereocenters. The first-order valence-electron chi connectivity index (χ1n) is 8.93. The zero-order valence-electron chi connectivity index (χ0n) is 14.8. The van der Waals surface area contributed by atoms with Gasteiger partial charge in [0.05, 0.1) is 12.6 Å². The molecule has 25 heavy (non-hydrogen) atoms. The Morgan fingerprint density at radius 3 is 2.16 bits per heavy atom. The molecule has 0 saturated carbocycles. The van der Waals surface area contributed by atoms with Gasteiger partial charge < -0.3 is 4.74 Å². The lowest BCUT2D eigenvalue weighted by atomic mass is 9.91. The van der Waals surface area contributed by atoms with Gasteiger partial charge in [-0.2, -0.15) is 0 Å². The molecule has 130 valence electrons. The van der Waals surface area contributed by atoms with E-state index in [4.69, 9.17) is 4.74 Å². The zero-order chi connectivity index (χ0) is 17.6. The molecule has 2 aromatic rings. The number of hydrogen-bond acceptors (Lipinski definition) is 3. The van der Waals surface area contributed by atoms with Crippen molar-refractivity contribution >= 4 is 5.97 Å². The van der Waals surface area contributed by atoms with Gasteiger partial charge in [-0.15, -0.1) is 0 Å². The number of ether oxygens (including phenoxy) is 1. The lowest BCUT2D eigenvalue weighted by Gasteiger charge is -2.42. The van der Waals surface area contributed by atoms with E-state index in [9.17, 15) is 4.79 Å². The van der Waals surface area contributed by atoms with Crippen LogP contribution >= 0.6 is 0 Å². The number of carbonyl (C=O) groups excluding carboxylic acids is 1. The number of rotatable bonds is 5. The molecule has 1 aliphatic rings. The van der Waals surface area contributed by atoms with Crippen LogP contribution in [0.4, 0.5) is 0 Å². The van der Waals surface area contributed by atoms with Gasteiger partial charge >= 0.3 is 5.97 Å². The molecule has 1 heterocycles. The highest BCUT2D eigenvalue weighted by atomic mass is 16.5. The summed E-state index contributed by atoms with van der Waals surface area (Å²) in [4.78, 5) is 14.9. The monoisotopic (exact) mass is 335 g/mol. The molecule has 0 amide bonds. The zero-order valence-corrected chi connectivity index (χ0v) is 14.8. The maximum Gasteiger partial charge on any atom is 0.323 e. The molecule has 0 bridgehead atoms. The Balaban J connectivity index is 2.06. The average molecular weight is 335 g/mol. The Hall–Kier alpha value is -2.39. The van der Waals surface area contributed by atoms with E-state index < -0.39 is 0 Å². The van der Waals surface area contributed by atoms with E-state index in [0.29, 0.717) is 13.0 Å². The molecule has 0 saturated heterocycles. The summed E-state index contributed by atoms with van der Waals surface area (Å²) >= 11 is 0. The van der Waals surface area contributed by atoms with Crippen LogP contribution in [0.15, 0.2) is 72.8 Å². The van der Waals surface area contributed by atoms with E-state index in [1.165, 1.54) is 11.1 Å². The van der Waals surface area contributed by atoms with E-state index in [-0.39, 0.29) is 24.1 Å². The largest absolute Gasteiger partial charge is 0.465 e. The summed E-state index contributed by atoms with van der Waals surface area (Å²) in [6.45, 7) is 4.40. The summed E-state index contributed by atoms with van der Waals surface area (Å²) in [6.07, 6.45) is 4.95. The van der Waals surface area contributed by atoms with Gasteiger partial charge in [-0.3, -0.25) is 9.69 Å². The smallest absolute Gasteiger partial charge is 0.323 e. The molecule has 0 aliphatic carbocycles. The van der Waals surface area contributed by atoms with Crippen LogP contribution in [0.25, 0.3) is 0 Å². The third kappa shape index (κ3) is 3.83. The summed E-state index contributed by atoms with van der Waals surface area (Å²) in [5.41, 5.74) is 2.37. The van der Waals surface area contributed by atoms with E-state index in [1.54, 1.807) is 0 Å². The Labute approximate surface area is 149 Å². The topological polar surface area (TPSA) is 29.5 Å². The Kier molecular flexibility index (Phi) is 5.67. The van der Waals surface area contributed by atoms with Gasteiger partial charge in [0.15, 0.2) is 0 Å². The predicted octanol–water partition coefficient (Wildman–Crippen LogP) is 4.36. The second-order valence-electron chi connectivity index (χ2n) is 6.34. The number of benzene rings is 2. The van der Waals surface area contributed by atoms with Crippen LogP contribution in [0.1, 0.15) is 37.4 Å². The van der Waals surface area contributed by atoms with Crippen LogP contribution in [0.3, 0.4) is 0 Å². The average Bonchev–Trinajstić information content (AvgIpc) is 2.65. The first-order chi connectivity index (χ1) is 12.2. The van der Waals surface area contributed by atoms with Gasteiger partial charge in [0, 0.05) is 6.04 Å². The van der Waals surface area contributed by atoms with Crippen LogP contribution in [0, 0.1) is 0 Å². The van der Waals surface area contributed by atoms with Crippen molar-refractivity contribution in [2.24, 2.45) is 0 Å². The third-order valence-corrected chi connectivity index (χ3v) is 4.69. The van der Waals surface area contributed by atoms with Gasteiger partial charge in [-0.1, -0.05) is 72.8 Å². The fraction of sp³-hybridized carbons (Fsp3) is 0.318. The van der Waals surface area contributed by atoms with E-state index >= 15 is 0 Å². The first kappa shape index (κ1) is 17.4. The molecule has 3 rings (SSSR count). The van der Waals surface area contributed by atoms with Crippen molar-refractivity contribution in [2.75, 3.05) is 6.61 Å². The van der Waals surface area contributed by atoms with Gasteiger partial charge in [0.1, 0.15) is 6.04 Å². The molecule has 3 heteroatoms. The van der Waals surface area contributed by atoms with Crippen LogP contribution in [0.2, 0.25) is 0 Å². The fourth-order valence-corrected chi connectivity index (χ4v) is 3.59. The number of nitrogens with zero attached hydrogens (tertiary/aromatic N) is 1. The molecule has 2 atom stereocenters. The minimum Gasteiger partial charge on any atom is -0.465 e. The second-order valence-corrected chi connectivity index (χ2v) is 6.34. The Bertz CT molecular complexity index is 672. The van der Waals surface area contributed by atoms with Crippen molar-refractivity contribution < 1.29 is 9.53 Å². The van der Waals surface area contributed by atoms with Crippen LogP contribution in [0.5, 0.6) is 0 Å². The van der Waals surface area contributed by atoms with Gasteiger partial charge in [-0.05, 0) is 31.4 Å². The summed E-state index contributed by atoms with van der Waals surface area (Å²) in [7, 11) is 0. The van der Waals surface area contributed by atoms with Gasteiger partial charge in [0.25, 0.3) is 0 Å². The maximum absolute atomic E-state index is 12.6. The molecule has 0 spiro atoms. The molecule has 0 fully saturated rings. The molecule has 1 aliphatic heterocycles. The molecule has 0 aromatic heterocycles.